The Bertz CT molecular complexity index is 422. The molecule has 2 saturated heterocycles. The minimum Gasteiger partial charge on any atom is -0.462 e. The number of epoxide rings is 2. The van der Waals surface area contributed by atoms with Gasteiger partial charge in [-0.3, -0.25) is 9.59 Å². The predicted molar refractivity (Wildman–Crippen MR) is 73.9 cm³/mol. The predicted octanol–water partition coefficient (Wildman–Crippen LogP) is 1.21. The van der Waals surface area contributed by atoms with Gasteiger partial charge in [-0.25, -0.2) is 0 Å². The molecule has 4 rings (SSSR count). The number of hydrogen-bond acceptors (Lipinski definition) is 6. The van der Waals surface area contributed by atoms with E-state index in [0.29, 0.717) is 12.2 Å². The SMILES string of the molecule is O=C(OCCOC(=O)C1CCC2OC2C1)C1CCC2OC2C1. The Kier molecular flexibility index (Phi) is 3.82. The van der Waals surface area contributed by atoms with Crippen molar-refractivity contribution in [2.24, 2.45) is 11.8 Å². The van der Waals surface area contributed by atoms with Crippen molar-refractivity contribution in [1.82, 2.24) is 0 Å². The van der Waals surface area contributed by atoms with Crippen molar-refractivity contribution >= 4 is 11.9 Å². The summed E-state index contributed by atoms with van der Waals surface area (Å²) in [6, 6.07) is 0. The van der Waals surface area contributed by atoms with Gasteiger partial charge >= 0.3 is 11.9 Å². The van der Waals surface area contributed by atoms with Gasteiger partial charge in [0.05, 0.1) is 36.3 Å². The second kappa shape index (κ2) is 5.81. The summed E-state index contributed by atoms with van der Waals surface area (Å²) in [5.74, 6) is -0.475. The van der Waals surface area contributed by atoms with E-state index in [9.17, 15) is 9.59 Å². The van der Waals surface area contributed by atoms with Crippen molar-refractivity contribution in [2.45, 2.75) is 62.9 Å². The molecule has 2 saturated carbocycles. The van der Waals surface area contributed by atoms with E-state index < -0.39 is 0 Å². The van der Waals surface area contributed by atoms with E-state index in [4.69, 9.17) is 18.9 Å². The van der Waals surface area contributed by atoms with Crippen LogP contribution in [0.1, 0.15) is 38.5 Å². The number of rotatable bonds is 5. The van der Waals surface area contributed by atoms with E-state index in [1.165, 1.54) is 0 Å². The van der Waals surface area contributed by atoms with E-state index in [-0.39, 0.29) is 49.2 Å². The van der Waals surface area contributed by atoms with Crippen LogP contribution in [0.5, 0.6) is 0 Å². The lowest BCUT2D eigenvalue weighted by Gasteiger charge is -2.19. The van der Waals surface area contributed by atoms with Crippen LogP contribution in [-0.4, -0.2) is 49.6 Å². The molecule has 2 heterocycles. The largest absolute Gasteiger partial charge is 0.462 e. The zero-order chi connectivity index (χ0) is 15.1. The topological polar surface area (TPSA) is 77.7 Å². The first-order chi connectivity index (χ1) is 10.7. The molecule has 2 aliphatic heterocycles. The highest BCUT2D eigenvalue weighted by Gasteiger charge is 2.47. The third-order valence-electron chi connectivity index (χ3n) is 5.25. The summed E-state index contributed by atoms with van der Waals surface area (Å²) >= 11 is 0. The van der Waals surface area contributed by atoms with Crippen LogP contribution in [0.4, 0.5) is 0 Å². The molecule has 122 valence electrons. The first kappa shape index (κ1) is 14.5. The molecule has 4 aliphatic rings. The maximum atomic E-state index is 11.9. The molecule has 4 fully saturated rings. The first-order valence-electron chi connectivity index (χ1n) is 8.35. The monoisotopic (exact) mass is 310 g/mol. The molecular formula is C16H22O6. The highest BCUT2D eigenvalue weighted by Crippen LogP contribution is 2.40. The van der Waals surface area contributed by atoms with Crippen LogP contribution in [0.15, 0.2) is 0 Å². The zero-order valence-corrected chi connectivity index (χ0v) is 12.6. The average molecular weight is 310 g/mol. The summed E-state index contributed by atoms with van der Waals surface area (Å²) in [5.41, 5.74) is 0. The number of fused-ring (bicyclic) bond motifs is 2. The van der Waals surface area contributed by atoms with Gasteiger partial charge in [0.2, 0.25) is 0 Å². The summed E-state index contributed by atoms with van der Waals surface area (Å²) in [4.78, 5) is 23.8. The number of esters is 2. The second-order valence-corrected chi connectivity index (χ2v) is 6.78. The summed E-state index contributed by atoms with van der Waals surface area (Å²) in [7, 11) is 0. The Morgan fingerprint density at radius 3 is 1.59 bits per heavy atom. The smallest absolute Gasteiger partial charge is 0.309 e. The van der Waals surface area contributed by atoms with E-state index in [2.05, 4.69) is 0 Å². The van der Waals surface area contributed by atoms with Crippen molar-refractivity contribution in [3.8, 4) is 0 Å². The molecule has 0 aromatic carbocycles. The fraction of sp³-hybridized carbons (Fsp3) is 0.875. The molecule has 0 spiro atoms. The maximum Gasteiger partial charge on any atom is 0.309 e. The number of carbonyl (C=O) groups is 2. The van der Waals surface area contributed by atoms with E-state index in [0.717, 1.165) is 38.5 Å². The highest BCUT2D eigenvalue weighted by atomic mass is 16.6. The summed E-state index contributed by atoms with van der Waals surface area (Å²) in [6.07, 6.45) is 6.42. The highest BCUT2D eigenvalue weighted by molar-refractivity contribution is 5.73. The molecule has 0 aromatic rings. The molecule has 22 heavy (non-hydrogen) atoms. The fourth-order valence-corrected chi connectivity index (χ4v) is 3.76. The van der Waals surface area contributed by atoms with Gasteiger partial charge in [0.1, 0.15) is 13.2 Å². The van der Waals surface area contributed by atoms with Crippen molar-refractivity contribution in [3.05, 3.63) is 0 Å². The van der Waals surface area contributed by atoms with Gasteiger partial charge in [-0.05, 0) is 38.5 Å². The Balaban J connectivity index is 1.11. The Hall–Kier alpha value is -1.14. The van der Waals surface area contributed by atoms with Crippen LogP contribution in [0.25, 0.3) is 0 Å². The Morgan fingerprint density at radius 1 is 0.727 bits per heavy atom. The molecule has 6 unspecified atom stereocenters. The molecule has 0 bridgehead atoms. The van der Waals surface area contributed by atoms with Gasteiger partial charge in [-0.15, -0.1) is 0 Å². The third-order valence-corrected chi connectivity index (χ3v) is 5.25. The standard InChI is InChI=1S/C16H22O6/c17-15(9-1-3-11-13(7-9)21-11)19-5-6-20-16(18)10-2-4-12-14(8-10)22-12/h9-14H,1-8H2. The maximum absolute atomic E-state index is 11.9. The van der Waals surface area contributed by atoms with Crippen LogP contribution < -0.4 is 0 Å². The molecular weight excluding hydrogens is 288 g/mol. The second-order valence-electron chi connectivity index (χ2n) is 6.78. The minimum atomic E-state index is -0.183. The van der Waals surface area contributed by atoms with E-state index >= 15 is 0 Å². The van der Waals surface area contributed by atoms with Crippen molar-refractivity contribution in [2.75, 3.05) is 13.2 Å². The molecule has 2 aliphatic carbocycles. The Labute approximate surface area is 129 Å². The van der Waals surface area contributed by atoms with Gasteiger partial charge in [-0.2, -0.15) is 0 Å². The third kappa shape index (κ3) is 3.13. The van der Waals surface area contributed by atoms with Gasteiger partial charge in [0, 0.05) is 0 Å². The average Bonchev–Trinajstić information content (AvgIpc) is 3.43. The summed E-state index contributed by atoms with van der Waals surface area (Å²) in [6.45, 7) is 0.288. The van der Waals surface area contributed by atoms with Crippen LogP contribution in [0.2, 0.25) is 0 Å². The molecule has 6 nitrogen and oxygen atoms in total. The van der Waals surface area contributed by atoms with E-state index in [1.807, 2.05) is 0 Å². The lowest BCUT2D eigenvalue weighted by molar-refractivity contribution is -0.158. The zero-order valence-electron chi connectivity index (χ0n) is 12.6. The van der Waals surface area contributed by atoms with Gasteiger partial charge < -0.3 is 18.9 Å². The summed E-state index contributed by atoms with van der Waals surface area (Å²) in [5, 5.41) is 0. The van der Waals surface area contributed by atoms with Gasteiger partial charge in [0.15, 0.2) is 0 Å². The van der Waals surface area contributed by atoms with Gasteiger partial charge in [-0.1, -0.05) is 0 Å². The summed E-state index contributed by atoms with van der Waals surface area (Å²) < 4.78 is 21.3. The van der Waals surface area contributed by atoms with Gasteiger partial charge in [0.25, 0.3) is 0 Å². The fourth-order valence-electron chi connectivity index (χ4n) is 3.76. The molecule has 6 atom stereocenters. The molecule has 6 heteroatoms. The van der Waals surface area contributed by atoms with Crippen LogP contribution in [-0.2, 0) is 28.5 Å². The minimum absolute atomic E-state index is 0.0539. The molecule has 0 radical (unpaired) electrons. The van der Waals surface area contributed by atoms with Crippen LogP contribution in [0.3, 0.4) is 0 Å². The van der Waals surface area contributed by atoms with Crippen LogP contribution in [0, 0.1) is 11.8 Å². The Morgan fingerprint density at radius 2 is 1.18 bits per heavy atom. The van der Waals surface area contributed by atoms with Crippen molar-refractivity contribution < 1.29 is 28.5 Å². The van der Waals surface area contributed by atoms with Crippen molar-refractivity contribution in [1.29, 1.82) is 0 Å². The quantitative estimate of drug-likeness (QED) is 0.431. The first-order valence-corrected chi connectivity index (χ1v) is 8.35. The lowest BCUT2D eigenvalue weighted by Crippen LogP contribution is -2.27. The van der Waals surface area contributed by atoms with Crippen molar-refractivity contribution in [3.63, 3.8) is 0 Å². The normalized spacial score (nSPS) is 41.8. The number of carbonyl (C=O) groups excluding carboxylic acids is 2. The van der Waals surface area contributed by atoms with E-state index in [1.54, 1.807) is 0 Å². The molecule has 0 N–H and O–H groups in total. The van der Waals surface area contributed by atoms with Crippen LogP contribution >= 0.6 is 0 Å². The number of ether oxygens (including phenoxy) is 4. The molecule has 0 aromatic heterocycles. The lowest BCUT2D eigenvalue weighted by atomic mass is 9.89. The molecule has 0 amide bonds. The number of hydrogen-bond donors (Lipinski definition) is 0.